The molecule has 0 bridgehead atoms. The molecular formula is C10H14O4. The fourth-order valence-electron chi connectivity index (χ4n) is 1.13. The van der Waals surface area contributed by atoms with Crippen molar-refractivity contribution in [1.82, 2.24) is 0 Å². The zero-order chi connectivity index (χ0) is 10.4. The van der Waals surface area contributed by atoms with Gasteiger partial charge in [-0.3, -0.25) is 0 Å². The lowest BCUT2D eigenvalue weighted by Crippen LogP contribution is -2.03. The SMILES string of the molecule is COc1cccc(OCCO)c1OC. The van der Waals surface area contributed by atoms with Gasteiger partial charge in [0.15, 0.2) is 11.5 Å². The zero-order valence-electron chi connectivity index (χ0n) is 8.32. The Kier molecular flexibility index (Phi) is 4.07. The Labute approximate surface area is 83.0 Å². The molecule has 0 amide bonds. The molecule has 14 heavy (non-hydrogen) atoms. The molecule has 0 radical (unpaired) electrons. The normalized spacial score (nSPS) is 9.64. The molecule has 78 valence electrons. The summed E-state index contributed by atoms with van der Waals surface area (Å²) < 4.78 is 15.5. The fourth-order valence-corrected chi connectivity index (χ4v) is 1.13. The molecule has 1 aromatic carbocycles. The highest BCUT2D eigenvalue weighted by molar-refractivity contribution is 5.50. The van der Waals surface area contributed by atoms with Crippen molar-refractivity contribution in [1.29, 1.82) is 0 Å². The predicted octanol–water partition coefficient (Wildman–Crippen LogP) is 1.07. The highest BCUT2D eigenvalue weighted by atomic mass is 16.5. The minimum Gasteiger partial charge on any atom is -0.493 e. The largest absolute Gasteiger partial charge is 0.493 e. The summed E-state index contributed by atoms with van der Waals surface area (Å²) in [5, 5.41) is 8.62. The van der Waals surface area contributed by atoms with Crippen molar-refractivity contribution >= 4 is 0 Å². The standard InChI is InChI=1S/C10H14O4/c1-12-8-4-3-5-9(10(8)13-2)14-7-6-11/h3-5,11H,6-7H2,1-2H3. The molecule has 1 rings (SSSR count). The van der Waals surface area contributed by atoms with E-state index in [2.05, 4.69) is 0 Å². The highest BCUT2D eigenvalue weighted by Crippen LogP contribution is 2.36. The Morgan fingerprint density at radius 3 is 2.43 bits per heavy atom. The second-order valence-electron chi connectivity index (χ2n) is 2.56. The van der Waals surface area contributed by atoms with Crippen LogP contribution in [0.3, 0.4) is 0 Å². The van der Waals surface area contributed by atoms with E-state index in [0.717, 1.165) is 0 Å². The van der Waals surface area contributed by atoms with Crippen molar-refractivity contribution in [3.8, 4) is 17.2 Å². The van der Waals surface area contributed by atoms with E-state index in [1.165, 1.54) is 0 Å². The first-order valence-corrected chi connectivity index (χ1v) is 4.28. The van der Waals surface area contributed by atoms with Crippen molar-refractivity contribution < 1.29 is 19.3 Å². The van der Waals surface area contributed by atoms with Crippen LogP contribution >= 0.6 is 0 Å². The number of hydrogen-bond acceptors (Lipinski definition) is 4. The van der Waals surface area contributed by atoms with E-state index in [4.69, 9.17) is 19.3 Å². The van der Waals surface area contributed by atoms with Gasteiger partial charge >= 0.3 is 0 Å². The quantitative estimate of drug-likeness (QED) is 0.769. The summed E-state index contributed by atoms with van der Waals surface area (Å²) >= 11 is 0. The number of para-hydroxylation sites is 1. The summed E-state index contributed by atoms with van der Waals surface area (Å²) in [6.07, 6.45) is 0. The van der Waals surface area contributed by atoms with Crippen molar-refractivity contribution in [2.75, 3.05) is 27.4 Å². The summed E-state index contributed by atoms with van der Waals surface area (Å²) in [7, 11) is 3.11. The smallest absolute Gasteiger partial charge is 0.203 e. The Bertz CT molecular complexity index is 285. The minimum atomic E-state index is -0.0274. The molecule has 0 aromatic heterocycles. The highest BCUT2D eigenvalue weighted by Gasteiger charge is 2.09. The molecule has 0 atom stereocenters. The van der Waals surface area contributed by atoms with Crippen LogP contribution in [0.4, 0.5) is 0 Å². The molecule has 4 nitrogen and oxygen atoms in total. The Morgan fingerprint density at radius 1 is 1.14 bits per heavy atom. The predicted molar refractivity (Wildman–Crippen MR) is 52.1 cm³/mol. The second kappa shape index (κ2) is 5.34. The molecule has 0 saturated carbocycles. The Morgan fingerprint density at radius 2 is 1.86 bits per heavy atom. The summed E-state index contributed by atoms with van der Waals surface area (Å²) in [5.74, 6) is 1.73. The lowest BCUT2D eigenvalue weighted by Gasteiger charge is -2.12. The number of aliphatic hydroxyl groups excluding tert-OH is 1. The summed E-state index contributed by atoms with van der Waals surface area (Å²) in [4.78, 5) is 0. The molecule has 0 fully saturated rings. The van der Waals surface area contributed by atoms with Gasteiger partial charge in [0, 0.05) is 0 Å². The maximum absolute atomic E-state index is 8.62. The minimum absolute atomic E-state index is 0.0274. The first-order valence-electron chi connectivity index (χ1n) is 4.28. The van der Waals surface area contributed by atoms with Crippen LogP contribution in [0, 0.1) is 0 Å². The zero-order valence-corrected chi connectivity index (χ0v) is 8.32. The topological polar surface area (TPSA) is 47.9 Å². The van der Waals surface area contributed by atoms with Gasteiger partial charge in [0.1, 0.15) is 6.61 Å². The molecule has 0 spiro atoms. The number of rotatable bonds is 5. The van der Waals surface area contributed by atoms with E-state index in [1.54, 1.807) is 32.4 Å². The maximum Gasteiger partial charge on any atom is 0.203 e. The maximum atomic E-state index is 8.62. The van der Waals surface area contributed by atoms with Crippen LogP contribution in [0.1, 0.15) is 0 Å². The van der Waals surface area contributed by atoms with Crippen LogP contribution in [-0.4, -0.2) is 32.5 Å². The van der Waals surface area contributed by atoms with Gasteiger partial charge in [-0.05, 0) is 12.1 Å². The summed E-state index contributed by atoms with van der Waals surface area (Å²) in [6.45, 7) is 0.212. The Hall–Kier alpha value is -1.42. The monoisotopic (exact) mass is 198 g/mol. The van der Waals surface area contributed by atoms with E-state index in [-0.39, 0.29) is 13.2 Å². The number of aliphatic hydroxyl groups is 1. The van der Waals surface area contributed by atoms with Gasteiger partial charge in [-0.15, -0.1) is 0 Å². The molecular weight excluding hydrogens is 184 g/mol. The van der Waals surface area contributed by atoms with Crippen molar-refractivity contribution in [2.45, 2.75) is 0 Å². The Balaban J connectivity index is 2.90. The van der Waals surface area contributed by atoms with E-state index in [0.29, 0.717) is 17.2 Å². The summed E-state index contributed by atoms with van der Waals surface area (Å²) in [6, 6.07) is 5.34. The molecule has 0 aliphatic heterocycles. The van der Waals surface area contributed by atoms with Gasteiger partial charge < -0.3 is 19.3 Å². The second-order valence-corrected chi connectivity index (χ2v) is 2.56. The molecule has 0 aliphatic carbocycles. The lowest BCUT2D eigenvalue weighted by atomic mass is 10.3. The van der Waals surface area contributed by atoms with Gasteiger partial charge in [-0.2, -0.15) is 0 Å². The van der Waals surface area contributed by atoms with Crippen molar-refractivity contribution in [2.24, 2.45) is 0 Å². The average Bonchev–Trinajstić information content (AvgIpc) is 2.25. The van der Waals surface area contributed by atoms with E-state index in [9.17, 15) is 0 Å². The van der Waals surface area contributed by atoms with Gasteiger partial charge in [0.05, 0.1) is 20.8 Å². The van der Waals surface area contributed by atoms with Crippen LogP contribution in [0.5, 0.6) is 17.2 Å². The van der Waals surface area contributed by atoms with Crippen molar-refractivity contribution in [3.05, 3.63) is 18.2 Å². The van der Waals surface area contributed by atoms with Crippen molar-refractivity contribution in [3.63, 3.8) is 0 Å². The van der Waals surface area contributed by atoms with Crippen LogP contribution in [0.25, 0.3) is 0 Å². The van der Waals surface area contributed by atoms with E-state index >= 15 is 0 Å². The van der Waals surface area contributed by atoms with Gasteiger partial charge in [0.25, 0.3) is 0 Å². The number of hydrogen-bond donors (Lipinski definition) is 1. The fraction of sp³-hybridized carbons (Fsp3) is 0.400. The summed E-state index contributed by atoms with van der Waals surface area (Å²) in [5.41, 5.74) is 0. The molecule has 0 heterocycles. The van der Waals surface area contributed by atoms with Gasteiger partial charge in [0.2, 0.25) is 5.75 Å². The molecule has 4 heteroatoms. The third-order valence-electron chi connectivity index (χ3n) is 1.72. The van der Waals surface area contributed by atoms with Crippen LogP contribution < -0.4 is 14.2 Å². The lowest BCUT2D eigenvalue weighted by molar-refractivity contribution is 0.195. The first kappa shape index (κ1) is 10.7. The van der Waals surface area contributed by atoms with E-state index < -0.39 is 0 Å². The number of benzene rings is 1. The first-order chi connectivity index (χ1) is 6.83. The molecule has 0 aliphatic rings. The molecule has 1 aromatic rings. The van der Waals surface area contributed by atoms with Gasteiger partial charge in [-0.1, -0.05) is 6.07 Å². The van der Waals surface area contributed by atoms with Crippen LogP contribution in [0.15, 0.2) is 18.2 Å². The van der Waals surface area contributed by atoms with E-state index in [1.807, 2.05) is 0 Å². The molecule has 1 N–H and O–H groups in total. The van der Waals surface area contributed by atoms with Crippen LogP contribution in [0.2, 0.25) is 0 Å². The molecule has 0 unspecified atom stereocenters. The van der Waals surface area contributed by atoms with Crippen LogP contribution in [-0.2, 0) is 0 Å². The third kappa shape index (κ3) is 2.29. The molecule has 0 saturated heterocycles. The average molecular weight is 198 g/mol. The third-order valence-corrected chi connectivity index (χ3v) is 1.72. The van der Waals surface area contributed by atoms with Gasteiger partial charge in [-0.25, -0.2) is 0 Å². The number of ether oxygens (including phenoxy) is 3. The number of methoxy groups -OCH3 is 2.